The van der Waals surface area contributed by atoms with Crippen LogP contribution in [0.5, 0.6) is 5.75 Å². The molecule has 0 unspecified atom stereocenters. The van der Waals surface area contributed by atoms with E-state index in [1.807, 2.05) is 27.0 Å². The summed E-state index contributed by atoms with van der Waals surface area (Å²) in [5, 5.41) is 5.51. The van der Waals surface area contributed by atoms with Crippen molar-refractivity contribution in [3.63, 3.8) is 0 Å². The Kier molecular flexibility index (Phi) is 7.81. The zero-order valence-corrected chi connectivity index (χ0v) is 20.7. The molecule has 0 radical (unpaired) electrons. The number of hydrogen-bond acceptors (Lipinski definition) is 5. The lowest BCUT2D eigenvalue weighted by Gasteiger charge is -2.36. The second-order valence-corrected chi connectivity index (χ2v) is 11.2. The van der Waals surface area contributed by atoms with Gasteiger partial charge in [-0.25, -0.2) is 0 Å². The van der Waals surface area contributed by atoms with Crippen molar-refractivity contribution in [1.29, 1.82) is 0 Å². The maximum absolute atomic E-state index is 11.8. The number of esters is 1. The summed E-state index contributed by atoms with van der Waals surface area (Å²) < 4.78 is 11.6. The molecule has 5 heteroatoms. The van der Waals surface area contributed by atoms with Crippen LogP contribution in [0.25, 0.3) is 10.8 Å². The molecular weight excluding hydrogens is 400 g/mol. The predicted molar refractivity (Wildman–Crippen MR) is 130 cm³/mol. The van der Waals surface area contributed by atoms with Gasteiger partial charge in [0.2, 0.25) is 0 Å². The third kappa shape index (κ3) is 7.47. The summed E-state index contributed by atoms with van der Waals surface area (Å²) in [6.07, 6.45) is 7.32. The zero-order valence-electron chi connectivity index (χ0n) is 20.7. The van der Waals surface area contributed by atoms with Crippen molar-refractivity contribution in [3.05, 3.63) is 36.2 Å². The molecule has 1 aromatic carbocycles. The minimum atomic E-state index is -0.439. The third-order valence-corrected chi connectivity index (χ3v) is 6.18. The minimum Gasteiger partial charge on any atom is -0.490 e. The van der Waals surface area contributed by atoms with Gasteiger partial charge in [-0.3, -0.25) is 9.78 Å². The zero-order chi connectivity index (χ0) is 23.4. The van der Waals surface area contributed by atoms with E-state index in [1.54, 1.807) is 0 Å². The van der Waals surface area contributed by atoms with E-state index in [0.717, 1.165) is 41.0 Å². The molecule has 0 spiro atoms. The Morgan fingerprint density at radius 2 is 1.75 bits per heavy atom. The summed E-state index contributed by atoms with van der Waals surface area (Å²) in [6.45, 7) is 13.9. The Morgan fingerprint density at radius 1 is 1.03 bits per heavy atom. The predicted octanol–water partition coefficient (Wildman–Crippen LogP) is 6.04. The second-order valence-electron chi connectivity index (χ2n) is 11.2. The van der Waals surface area contributed by atoms with Gasteiger partial charge in [-0.1, -0.05) is 26.8 Å². The first-order valence-corrected chi connectivity index (χ1v) is 12.0. The van der Waals surface area contributed by atoms with Crippen molar-refractivity contribution in [3.8, 4) is 5.75 Å². The SMILES string of the molecule is CC(C)(C)OC(=O)CCNCc1cc2ccc(O[C@H]3CC[C@H](C(C)(C)C)CC3)cc2cn1. The van der Waals surface area contributed by atoms with Gasteiger partial charge in [-0.05, 0) is 81.4 Å². The number of carbonyl (C=O) groups excluding carboxylic acids is 1. The second kappa shape index (κ2) is 10.2. The maximum atomic E-state index is 11.8. The Bertz CT molecular complexity index is 903. The van der Waals surface area contributed by atoms with E-state index in [2.05, 4.69) is 55.3 Å². The molecule has 3 rings (SSSR count). The first-order chi connectivity index (χ1) is 15.0. The van der Waals surface area contributed by atoms with Crippen molar-refractivity contribution in [2.24, 2.45) is 11.3 Å². The molecule has 1 aliphatic rings. The van der Waals surface area contributed by atoms with Crippen molar-refractivity contribution >= 4 is 16.7 Å². The van der Waals surface area contributed by atoms with Crippen LogP contribution in [0.3, 0.4) is 0 Å². The molecule has 32 heavy (non-hydrogen) atoms. The number of ether oxygens (including phenoxy) is 2. The fourth-order valence-electron chi connectivity index (χ4n) is 4.37. The number of fused-ring (bicyclic) bond motifs is 1. The highest BCUT2D eigenvalue weighted by molar-refractivity contribution is 5.83. The number of aromatic nitrogens is 1. The van der Waals surface area contributed by atoms with Gasteiger partial charge >= 0.3 is 5.97 Å². The summed E-state index contributed by atoms with van der Waals surface area (Å²) in [5.41, 5.74) is 0.906. The van der Waals surface area contributed by atoms with E-state index in [4.69, 9.17) is 9.47 Å². The molecule has 0 bridgehead atoms. The molecule has 1 N–H and O–H groups in total. The van der Waals surface area contributed by atoms with Crippen molar-refractivity contribution < 1.29 is 14.3 Å². The van der Waals surface area contributed by atoms with Crippen LogP contribution in [0.1, 0.15) is 79.3 Å². The highest BCUT2D eigenvalue weighted by Crippen LogP contribution is 2.38. The number of nitrogens with zero attached hydrogens (tertiary/aromatic N) is 1. The molecule has 0 atom stereocenters. The minimum absolute atomic E-state index is 0.184. The average Bonchev–Trinajstić information content (AvgIpc) is 2.70. The van der Waals surface area contributed by atoms with Gasteiger partial charge in [-0.2, -0.15) is 0 Å². The molecule has 5 nitrogen and oxygen atoms in total. The summed E-state index contributed by atoms with van der Waals surface area (Å²) in [7, 11) is 0. The topological polar surface area (TPSA) is 60.5 Å². The molecule has 176 valence electrons. The van der Waals surface area contributed by atoms with Gasteiger partial charge < -0.3 is 14.8 Å². The van der Waals surface area contributed by atoms with Gasteiger partial charge in [-0.15, -0.1) is 0 Å². The van der Waals surface area contributed by atoms with E-state index < -0.39 is 5.60 Å². The van der Waals surface area contributed by atoms with Crippen LogP contribution in [0.2, 0.25) is 0 Å². The monoisotopic (exact) mass is 440 g/mol. The van der Waals surface area contributed by atoms with Gasteiger partial charge in [0.1, 0.15) is 11.4 Å². The highest BCUT2D eigenvalue weighted by Gasteiger charge is 2.30. The van der Waals surface area contributed by atoms with E-state index in [-0.39, 0.29) is 5.97 Å². The third-order valence-electron chi connectivity index (χ3n) is 6.18. The lowest BCUT2D eigenvalue weighted by Crippen LogP contribution is -2.30. The summed E-state index contributed by atoms with van der Waals surface area (Å²) >= 11 is 0. The van der Waals surface area contributed by atoms with Gasteiger partial charge in [0.15, 0.2) is 0 Å². The smallest absolute Gasteiger partial charge is 0.307 e. The van der Waals surface area contributed by atoms with Gasteiger partial charge in [0.25, 0.3) is 0 Å². The average molecular weight is 441 g/mol. The lowest BCUT2D eigenvalue weighted by molar-refractivity contribution is -0.154. The van der Waals surface area contributed by atoms with Crippen LogP contribution in [-0.2, 0) is 16.1 Å². The summed E-state index contributed by atoms with van der Waals surface area (Å²) in [5.74, 6) is 1.54. The fourth-order valence-corrected chi connectivity index (χ4v) is 4.37. The molecule has 0 aliphatic heterocycles. The molecular formula is C27H40N2O3. The van der Waals surface area contributed by atoms with Crippen molar-refractivity contribution in [1.82, 2.24) is 10.3 Å². The van der Waals surface area contributed by atoms with E-state index in [9.17, 15) is 4.79 Å². The first kappa shape index (κ1) is 24.5. The van der Waals surface area contributed by atoms with Crippen LogP contribution >= 0.6 is 0 Å². The number of benzene rings is 1. The molecule has 1 aromatic heterocycles. The van der Waals surface area contributed by atoms with E-state index >= 15 is 0 Å². The number of rotatable bonds is 7. The molecule has 0 amide bonds. The standard InChI is InChI=1S/C27H40N2O3/c1-26(2,3)21-8-11-23(12-9-21)31-24-10-7-19-15-22(29-17-20(19)16-24)18-28-14-13-25(30)32-27(4,5)6/h7,10,15-17,21,23,28H,8-9,11-14,18H2,1-6H3/t21-,23-. The fraction of sp³-hybridized carbons (Fsp3) is 0.630. The highest BCUT2D eigenvalue weighted by atomic mass is 16.6. The normalized spacial score (nSPS) is 19.7. The molecule has 1 heterocycles. The molecule has 1 saturated carbocycles. The maximum Gasteiger partial charge on any atom is 0.307 e. The Balaban J connectivity index is 1.48. The van der Waals surface area contributed by atoms with E-state index in [0.29, 0.717) is 31.0 Å². The largest absolute Gasteiger partial charge is 0.490 e. The number of hydrogen-bond donors (Lipinski definition) is 1. The number of carbonyl (C=O) groups is 1. The Labute approximate surface area is 193 Å². The lowest BCUT2D eigenvalue weighted by atomic mass is 9.72. The van der Waals surface area contributed by atoms with Crippen LogP contribution in [-0.4, -0.2) is 29.2 Å². The van der Waals surface area contributed by atoms with Crippen LogP contribution in [0.4, 0.5) is 0 Å². The van der Waals surface area contributed by atoms with Gasteiger partial charge in [0.05, 0.1) is 18.2 Å². The first-order valence-electron chi connectivity index (χ1n) is 12.0. The summed E-state index contributed by atoms with van der Waals surface area (Å²) in [6, 6.07) is 8.36. The molecule has 0 saturated heterocycles. The van der Waals surface area contributed by atoms with E-state index in [1.165, 1.54) is 12.8 Å². The molecule has 1 aliphatic carbocycles. The van der Waals surface area contributed by atoms with Crippen LogP contribution < -0.4 is 10.1 Å². The van der Waals surface area contributed by atoms with Crippen LogP contribution in [0, 0.1) is 11.3 Å². The number of pyridine rings is 1. The summed E-state index contributed by atoms with van der Waals surface area (Å²) in [4.78, 5) is 16.4. The molecule has 2 aromatic rings. The number of nitrogens with one attached hydrogen (secondary N) is 1. The Hall–Kier alpha value is -2.14. The molecule has 1 fully saturated rings. The van der Waals surface area contributed by atoms with Crippen LogP contribution in [0.15, 0.2) is 30.5 Å². The Morgan fingerprint density at radius 3 is 2.41 bits per heavy atom. The van der Waals surface area contributed by atoms with Crippen molar-refractivity contribution in [2.75, 3.05) is 6.54 Å². The van der Waals surface area contributed by atoms with Gasteiger partial charge in [0, 0.05) is 24.7 Å². The quantitative estimate of drug-likeness (QED) is 0.420. The van der Waals surface area contributed by atoms with Crippen molar-refractivity contribution in [2.45, 2.75) is 91.9 Å².